The Morgan fingerprint density at radius 1 is 0.860 bits per heavy atom. The molecule has 0 saturated carbocycles. The number of hydrogen-bond acceptors (Lipinski definition) is 14. The number of carbonyl (C=O) groups excluding carboxylic acids is 2. The van der Waals surface area contributed by atoms with Gasteiger partial charge >= 0.3 is 23.5 Å². The number of carboxylic acid groups (broad SMARTS) is 2. The summed E-state index contributed by atoms with van der Waals surface area (Å²) in [6.45, 7) is 0.231. The third-order valence-corrected chi connectivity index (χ3v) is 9.05. The number of carbonyl (C=O) groups is 4. The number of H-pyrrole nitrogens is 1. The number of aromatic nitrogens is 4. The highest BCUT2D eigenvalue weighted by molar-refractivity contribution is 5.97. The summed E-state index contributed by atoms with van der Waals surface area (Å²) in [6.07, 6.45) is 0.858. The number of phenolic OH excluding ortho intramolecular Hbond substituents is 2. The van der Waals surface area contributed by atoms with Crippen LogP contribution in [0.15, 0.2) is 95.9 Å². The minimum Gasteiger partial charge on any atom is -0.508 e. The molecular weight excluding hydrogens is 742 g/mol. The van der Waals surface area contributed by atoms with E-state index in [1.54, 1.807) is 36.4 Å². The zero-order valence-corrected chi connectivity index (χ0v) is 29.4. The number of nitrogens with two attached hydrogens (primary N) is 1. The molecule has 4 heterocycles. The molecule has 0 aliphatic carbocycles. The van der Waals surface area contributed by atoms with Crippen molar-refractivity contribution in [3.63, 3.8) is 0 Å². The number of nitrogens with zero attached hydrogens (tertiary/aromatic N) is 3. The fraction of sp³-hybridized carbons (Fsp3) is 0.128. The van der Waals surface area contributed by atoms with Crippen molar-refractivity contribution in [2.24, 2.45) is 0 Å². The quantitative estimate of drug-likeness (QED) is 0.0974. The van der Waals surface area contributed by atoms with Gasteiger partial charge < -0.3 is 51.3 Å². The van der Waals surface area contributed by atoms with E-state index in [0.717, 1.165) is 0 Å². The Kier molecular flexibility index (Phi) is 9.83. The SMILES string of the molecule is Nc1nc(=O)c2nc(CNc3ccc(C(=O)N[C@@H](CCC(=O)O)C(=O)O)cc3)cnc2[nH]1.O=C1OC2(c3ccc(O)cc3Oc3cc(O)ccc32)c2ccccc21. The number of aromatic amines is 1. The molecule has 9 N–H and O–H groups in total. The fourth-order valence-corrected chi connectivity index (χ4v) is 6.42. The van der Waals surface area contributed by atoms with Gasteiger partial charge in [0.1, 0.15) is 29.0 Å². The fourth-order valence-electron chi connectivity index (χ4n) is 6.42. The minimum absolute atomic E-state index is 0.0371. The minimum atomic E-state index is -1.31. The molecule has 6 aromatic rings. The molecule has 2 aliphatic heterocycles. The summed E-state index contributed by atoms with van der Waals surface area (Å²) in [5.74, 6) is -2.75. The lowest BCUT2D eigenvalue weighted by Gasteiger charge is -2.36. The van der Waals surface area contributed by atoms with Crippen LogP contribution in [0.4, 0.5) is 11.6 Å². The number of aromatic hydroxyl groups is 2. The number of nitrogen functional groups attached to an aromatic ring is 1. The topological polar surface area (TPSA) is 289 Å². The van der Waals surface area contributed by atoms with Crippen LogP contribution in [0.5, 0.6) is 23.0 Å². The lowest BCUT2D eigenvalue weighted by molar-refractivity contribution is -0.140. The highest BCUT2D eigenvalue weighted by Crippen LogP contribution is 2.56. The first kappa shape index (κ1) is 37.3. The number of ether oxygens (including phenoxy) is 2. The van der Waals surface area contributed by atoms with Crippen molar-refractivity contribution in [2.45, 2.75) is 31.0 Å². The average molecular weight is 774 g/mol. The van der Waals surface area contributed by atoms with Crippen LogP contribution in [0.25, 0.3) is 11.2 Å². The Morgan fingerprint density at radius 2 is 1.53 bits per heavy atom. The van der Waals surface area contributed by atoms with Gasteiger partial charge in [0.2, 0.25) is 5.95 Å². The number of benzene rings is 4. The molecule has 18 heteroatoms. The van der Waals surface area contributed by atoms with E-state index in [4.69, 9.17) is 25.4 Å². The van der Waals surface area contributed by atoms with E-state index in [1.807, 2.05) is 12.1 Å². The highest BCUT2D eigenvalue weighted by Gasteiger charge is 2.53. The maximum absolute atomic E-state index is 12.5. The van der Waals surface area contributed by atoms with Gasteiger partial charge in [-0.25, -0.2) is 19.6 Å². The lowest BCUT2D eigenvalue weighted by Crippen LogP contribution is -2.41. The first-order valence-electron chi connectivity index (χ1n) is 17.1. The van der Waals surface area contributed by atoms with E-state index < -0.39 is 41.0 Å². The number of nitrogens with one attached hydrogen (secondary N) is 3. The van der Waals surface area contributed by atoms with Gasteiger partial charge in [0.15, 0.2) is 16.8 Å². The molecule has 288 valence electrons. The van der Waals surface area contributed by atoms with Crippen LogP contribution >= 0.6 is 0 Å². The van der Waals surface area contributed by atoms with Crippen molar-refractivity contribution in [2.75, 3.05) is 11.1 Å². The summed E-state index contributed by atoms with van der Waals surface area (Å²) >= 11 is 0. The van der Waals surface area contributed by atoms with Gasteiger partial charge in [0.05, 0.1) is 24.0 Å². The summed E-state index contributed by atoms with van der Waals surface area (Å²) in [5, 5.41) is 42.9. The largest absolute Gasteiger partial charge is 0.508 e. The Morgan fingerprint density at radius 3 is 2.18 bits per heavy atom. The number of phenols is 2. The van der Waals surface area contributed by atoms with Crippen molar-refractivity contribution < 1.29 is 49.1 Å². The van der Waals surface area contributed by atoms with Crippen LogP contribution in [0.1, 0.15) is 55.9 Å². The van der Waals surface area contributed by atoms with E-state index >= 15 is 0 Å². The second kappa shape index (κ2) is 15.0. The predicted molar refractivity (Wildman–Crippen MR) is 200 cm³/mol. The van der Waals surface area contributed by atoms with Crippen LogP contribution < -0.4 is 26.7 Å². The zero-order valence-electron chi connectivity index (χ0n) is 29.4. The smallest absolute Gasteiger partial charge is 0.340 e. The number of anilines is 2. The standard InChI is InChI=1S/C20H12O5.C19H19N7O6/c21-11-5-7-15-17(9-11)24-18-10-12(22)6-8-16(18)20(15)14-4-2-1-3-13(14)19(23)25-20;20-19-25-15-14(17(30)26-19)23-11(8-22-15)7-21-10-3-1-9(2-4-10)16(29)24-12(18(31)32)5-6-13(27)28/h1-10,21-22H;1-4,8,12,21H,5-7H2,(H,24,29)(H,27,28)(H,31,32)(H3,20,22,25,26,30)/t;12-/m.0/s1. The van der Waals surface area contributed by atoms with Crippen molar-refractivity contribution >= 4 is 46.6 Å². The zero-order chi connectivity index (χ0) is 40.4. The first-order chi connectivity index (χ1) is 27.3. The van der Waals surface area contributed by atoms with Gasteiger partial charge in [-0.1, -0.05) is 18.2 Å². The molecule has 0 radical (unpaired) electrons. The molecule has 1 amide bonds. The lowest BCUT2D eigenvalue weighted by atomic mass is 9.77. The molecule has 1 spiro atoms. The molecule has 0 fully saturated rings. The number of carboxylic acids is 2. The Hall–Kier alpha value is -8.02. The van der Waals surface area contributed by atoms with E-state index in [-0.39, 0.29) is 53.6 Å². The summed E-state index contributed by atoms with van der Waals surface area (Å²) < 4.78 is 11.8. The van der Waals surface area contributed by atoms with Crippen LogP contribution in [0, 0.1) is 0 Å². The Bertz CT molecular complexity index is 2600. The summed E-state index contributed by atoms with van der Waals surface area (Å²) in [6, 6.07) is 21.5. The third kappa shape index (κ3) is 7.41. The molecule has 2 aliphatic rings. The maximum Gasteiger partial charge on any atom is 0.340 e. The number of esters is 1. The van der Waals surface area contributed by atoms with E-state index in [2.05, 4.69) is 30.6 Å². The monoisotopic (exact) mass is 773 g/mol. The second-order valence-electron chi connectivity index (χ2n) is 12.8. The first-order valence-corrected chi connectivity index (χ1v) is 17.1. The van der Waals surface area contributed by atoms with Crippen LogP contribution in [-0.2, 0) is 26.5 Å². The number of hydrogen-bond donors (Lipinski definition) is 8. The van der Waals surface area contributed by atoms with Crippen molar-refractivity contribution in [3.05, 3.63) is 135 Å². The number of fused-ring (bicyclic) bond motifs is 7. The molecule has 57 heavy (non-hydrogen) atoms. The molecular formula is C39H31N7O11. The second-order valence-corrected chi connectivity index (χ2v) is 12.8. The van der Waals surface area contributed by atoms with E-state index in [9.17, 15) is 34.2 Å². The summed E-state index contributed by atoms with van der Waals surface area (Å²) in [7, 11) is 0. The number of amides is 1. The molecule has 4 aromatic carbocycles. The molecule has 18 nitrogen and oxygen atoms in total. The molecule has 0 unspecified atom stereocenters. The van der Waals surface area contributed by atoms with E-state index in [0.29, 0.717) is 45.1 Å². The van der Waals surface area contributed by atoms with Gasteiger partial charge in [-0.2, -0.15) is 4.98 Å². The molecule has 1 atom stereocenters. The van der Waals surface area contributed by atoms with Crippen molar-refractivity contribution in [1.82, 2.24) is 25.3 Å². The third-order valence-electron chi connectivity index (χ3n) is 9.05. The highest BCUT2D eigenvalue weighted by atomic mass is 16.6. The van der Waals surface area contributed by atoms with Crippen molar-refractivity contribution in [3.8, 4) is 23.0 Å². The average Bonchev–Trinajstić information content (AvgIpc) is 3.47. The van der Waals surface area contributed by atoms with Crippen LogP contribution in [0.2, 0.25) is 0 Å². The van der Waals surface area contributed by atoms with Crippen LogP contribution in [-0.4, -0.2) is 70.2 Å². The predicted octanol–water partition coefficient (Wildman–Crippen LogP) is 3.62. The van der Waals surface area contributed by atoms with E-state index in [1.165, 1.54) is 42.6 Å². The Labute approximate surface area is 320 Å². The Balaban J connectivity index is 0.000000178. The summed E-state index contributed by atoms with van der Waals surface area (Å²) in [4.78, 5) is 73.1. The van der Waals surface area contributed by atoms with Crippen molar-refractivity contribution in [1.29, 1.82) is 0 Å². The van der Waals surface area contributed by atoms with Crippen LogP contribution in [0.3, 0.4) is 0 Å². The normalized spacial score (nSPS) is 13.4. The molecule has 8 rings (SSSR count). The van der Waals surface area contributed by atoms with Gasteiger partial charge in [-0.15, -0.1) is 0 Å². The number of rotatable bonds is 9. The maximum atomic E-state index is 12.5. The summed E-state index contributed by atoms with van der Waals surface area (Å²) in [5.41, 5.74) is 7.76. The van der Waals surface area contributed by atoms with Gasteiger partial charge in [-0.3, -0.25) is 14.4 Å². The molecule has 0 bridgehead atoms. The molecule has 0 saturated heterocycles. The molecule has 2 aromatic heterocycles. The van der Waals surface area contributed by atoms with Gasteiger partial charge in [0, 0.05) is 46.5 Å². The van der Waals surface area contributed by atoms with Gasteiger partial charge in [0.25, 0.3) is 5.91 Å². The van der Waals surface area contributed by atoms with Gasteiger partial charge in [-0.05, 0) is 61.0 Å². The number of aliphatic carboxylic acids is 2.